The van der Waals surface area contributed by atoms with E-state index < -0.39 is 28.8 Å². The topological polar surface area (TPSA) is 0 Å². The molecule has 0 nitrogen and oxygen atoms in total. The molecule has 0 aliphatic carbocycles. The summed E-state index contributed by atoms with van der Waals surface area (Å²) in [6, 6.07) is 0. The first-order chi connectivity index (χ1) is 7.00. The molecule has 0 amide bonds. The molecule has 0 aliphatic heterocycles. The molecule has 0 aromatic rings. The fourth-order valence-electron chi connectivity index (χ4n) is 0.553. The Morgan fingerprint density at radius 2 is 0.765 bits per heavy atom. The van der Waals surface area contributed by atoms with Crippen molar-refractivity contribution in [1.29, 1.82) is 0 Å². The largest absolute Gasteiger partial charge is 0.460 e. The summed E-state index contributed by atoms with van der Waals surface area (Å²) < 4.78 is 131. The zero-order valence-corrected chi connectivity index (χ0v) is 8.62. The summed E-state index contributed by atoms with van der Waals surface area (Å²) in [4.78, 5) is -5.95. The number of hydrogen-bond donors (Lipinski definition) is 0. The minimum absolute atomic E-state index is 0.631. The van der Waals surface area contributed by atoms with Crippen LogP contribution in [0.4, 0.5) is 48.3 Å². The van der Waals surface area contributed by atoms with Gasteiger partial charge in [0, 0.05) is 0 Å². The van der Waals surface area contributed by atoms with E-state index in [0.29, 0.717) is 15.9 Å². The van der Waals surface area contributed by atoms with Gasteiger partial charge in [0.2, 0.25) is 0 Å². The molecule has 104 valence electrons. The van der Waals surface area contributed by atoms with Crippen LogP contribution >= 0.6 is 15.9 Å². The van der Waals surface area contributed by atoms with Crippen molar-refractivity contribution >= 4 is 15.9 Å². The van der Waals surface area contributed by atoms with Crippen LogP contribution in [-0.2, 0) is 0 Å². The first-order valence-electron chi connectivity index (χ1n) is 3.27. The monoisotopic (exact) mass is 348 g/mol. The van der Waals surface area contributed by atoms with Crippen LogP contribution in [0, 0.1) is 0 Å². The molecule has 0 aromatic carbocycles. The van der Waals surface area contributed by atoms with Crippen LogP contribution in [0.3, 0.4) is 0 Å². The Balaban J connectivity index is 5.73. The highest BCUT2D eigenvalue weighted by Crippen LogP contribution is 2.58. The lowest BCUT2D eigenvalue weighted by Crippen LogP contribution is -2.65. The second kappa shape index (κ2) is 3.85. The first-order valence-corrected chi connectivity index (χ1v) is 4.06. The molecule has 17 heavy (non-hydrogen) atoms. The number of hydrogen-bond acceptors (Lipinski definition) is 0. The van der Waals surface area contributed by atoms with Gasteiger partial charge in [0.15, 0.2) is 0 Å². The summed E-state index contributed by atoms with van der Waals surface area (Å²) in [5, 5.41) is 0. The molecule has 0 bridgehead atoms. The van der Waals surface area contributed by atoms with Gasteiger partial charge in [-0.05, 0) is 15.9 Å². The van der Waals surface area contributed by atoms with E-state index in [2.05, 4.69) is 0 Å². The van der Waals surface area contributed by atoms with Gasteiger partial charge in [0.05, 0.1) is 0 Å². The van der Waals surface area contributed by atoms with E-state index in [1.54, 1.807) is 0 Å². The molecule has 0 radical (unpaired) electrons. The van der Waals surface area contributed by atoms with Crippen molar-refractivity contribution in [3.8, 4) is 0 Å². The molecule has 0 heterocycles. The van der Waals surface area contributed by atoms with Crippen LogP contribution in [0.25, 0.3) is 0 Å². The van der Waals surface area contributed by atoms with Gasteiger partial charge >= 0.3 is 28.8 Å². The summed E-state index contributed by atoms with van der Waals surface area (Å²) in [7, 11) is 0. The fraction of sp³-hybridized carbons (Fsp3) is 1.00. The third-order valence-electron chi connectivity index (χ3n) is 1.50. The molecule has 12 heteroatoms. The van der Waals surface area contributed by atoms with E-state index in [9.17, 15) is 48.3 Å². The number of alkyl halides is 12. The highest BCUT2D eigenvalue weighted by atomic mass is 79.9. The molecular formula is C5BrF11. The predicted octanol–water partition coefficient (Wildman–Crippen LogP) is 4.44. The lowest BCUT2D eigenvalue weighted by atomic mass is 10.0. The van der Waals surface area contributed by atoms with Crippen LogP contribution in [-0.4, -0.2) is 28.8 Å². The smallest absolute Gasteiger partial charge is 0.192 e. The van der Waals surface area contributed by atoms with E-state index in [0.717, 1.165) is 0 Å². The summed E-state index contributed by atoms with van der Waals surface area (Å²) in [5.74, 6) is -21.6. The molecule has 0 saturated heterocycles. The third-order valence-corrected chi connectivity index (χ3v) is 2.00. The molecular weight excluding hydrogens is 349 g/mol. The van der Waals surface area contributed by atoms with Crippen molar-refractivity contribution in [1.82, 2.24) is 0 Å². The minimum atomic E-state index is -7.33. The zero-order chi connectivity index (χ0) is 14.5. The maximum atomic E-state index is 12.2. The molecule has 0 rings (SSSR count). The SMILES string of the molecule is FC(F)(F)C(F)(F)C(F)(F)C(F)(F)C(F)(F)Br. The van der Waals surface area contributed by atoms with Crippen LogP contribution in [0.1, 0.15) is 0 Å². The molecule has 0 fully saturated rings. The summed E-state index contributed by atoms with van der Waals surface area (Å²) >= 11 is 0.631. The second-order valence-corrected chi connectivity index (χ2v) is 3.71. The van der Waals surface area contributed by atoms with Gasteiger partial charge in [-0.3, -0.25) is 0 Å². The standard InChI is InChI=1S/C5BrF11/c6-4(13,14)2(9,10)1(7,8)3(11,12)5(15,16)17. The number of rotatable bonds is 3. The zero-order valence-electron chi connectivity index (χ0n) is 7.04. The van der Waals surface area contributed by atoms with Crippen molar-refractivity contribution in [2.75, 3.05) is 0 Å². The van der Waals surface area contributed by atoms with Crippen LogP contribution in [0.15, 0.2) is 0 Å². The van der Waals surface area contributed by atoms with Crippen molar-refractivity contribution in [3.63, 3.8) is 0 Å². The molecule has 0 atom stereocenters. The summed E-state index contributed by atoms with van der Waals surface area (Å²) in [6.45, 7) is 0. The van der Waals surface area contributed by atoms with E-state index >= 15 is 0 Å². The van der Waals surface area contributed by atoms with E-state index in [-0.39, 0.29) is 0 Å². The highest BCUT2D eigenvalue weighted by Gasteiger charge is 2.86. The van der Waals surface area contributed by atoms with Gasteiger partial charge in [-0.15, -0.1) is 0 Å². The highest BCUT2D eigenvalue weighted by molar-refractivity contribution is 9.10. The molecule has 0 unspecified atom stereocenters. The van der Waals surface area contributed by atoms with Gasteiger partial charge in [0.25, 0.3) is 0 Å². The van der Waals surface area contributed by atoms with Gasteiger partial charge in [0.1, 0.15) is 0 Å². The molecule has 0 aromatic heterocycles. The quantitative estimate of drug-likeness (QED) is 0.522. The second-order valence-electron chi connectivity index (χ2n) is 2.72. The molecule has 0 saturated carbocycles. The van der Waals surface area contributed by atoms with Gasteiger partial charge < -0.3 is 0 Å². The molecule has 0 N–H and O–H groups in total. The molecule has 0 spiro atoms. The normalized spacial score (nSPS) is 16.2. The average Bonchev–Trinajstić information content (AvgIpc) is 1.98. The van der Waals surface area contributed by atoms with Gasteiger partial charge in [-0.1, -0.05) is 0 Å². The Hall–Kier alpha value is -0.290. The molecule has 0 aliphatic rings. The third kappa shape index (κ3) is 2.32. The van der Waals surface area contributed by atoms with Crippen LogP contribution in [0.5, 0.6) is 0 Å². The van der Waals surface area contributed by atoms with E-state index in [4.69, 9.17) is 0 Å². The van der Waals surface area contributed by atoms with Gasteiger partial charge in [-0.2, -0.15) is 48.3 Å². The lowest BCUT2D eigenvalue weighted by molar-refractivity contribution is -0.411. The van der Waals surface area contributed by atoms with Crippen molar-refractivity contribution in [2.45, 2.75) is 28.8 Å². The maximum absolute atomic E-state index is 12.2. The minimum Gasteiger partial charge on any atom is -0.192 e. The van der Waals surface area contributed by atoms with Crippen LogP contribution in [0.2, 0.25) is 0 Å². The Morgan fingerprint density at radius 3 is 0.941 bits per heavy atom. The predicted molar refractivity (Wildman–Crippen MR) is 34.8 cm³/mol. The lowest BCUT2D eigenvalue weighted by Gasteiger charge is -2.35. The van der Waals surface area contributed by atoms with Crippen molar-refractivity contribution < 1.29 is 48.3 Å². The maximum Gasteiger partial charge on any atom is 0.460 e. The van der Waals surface area contributed by atoms with Gasteiger partial charge in [-0.25, -0.2) is 0 Å². The first kappa shape index (κ1) is 16.7. The summed E-state index contributed by atoms with van der Waals surface area (Å²) in [6.07, 6.45) is -7.11. The Bertz CT molecular complexity index is 255. The fourth-order valence-corrected chi connectivity index (χ4v) is 0.802. The van der Waals surface area contributed by atoms with Crippen LogP contribution < -0.4 is 0 Å². The van der Waals surface area contributed by atoms with E-state index in [1.807, 2.05) is 0 Å². The Kier molecular flexibility index (Phi) is 3.79. The van der Waals surface area contributed by atoms with Crippen molar-refractivity contribution in [2.24, 2.45) is 0 Å². The average molecular weight is 349 g/mol. The Labute approximate surface area is 93.9 Å². The van der Waals surface area contributed by atoms with Crippen molar-refractivity contribution in [3.05, 3.63) is 0 Å². The Morgan fingerprint density at radius 1 is 0.471 bits per heavy atom. The summed E-state index contributed by atoms with van der Waals surface area (Å²) in [5.41, 5.74) is 0. The van der Waals surface area contributed by atoms with E-state index in [1.165, 1.54) is 0 Å². The number of halogens is 12.